The molecule has 2 aromatic rings. The van der Waals surface area contributed by atoms with Crippen LogP contribution in [0.5, 0.6) is 0 Å². The van der Waals surface area contributed by atoms with E-state index in [4.69, 9.17) is 11.6 Å². The highest BCUT2D eigenvalue weighted by Gasteiger charge is 2.15. The second-order valence-corrected chi connectivity index (χ2v) is 4.23. The van der Waals surface area contributed by atoms with Gasteiger partial charge in [-0.3, -0.25) is 14.9 Å². The van der Waals surface area contributed by atoms with Crippen molar-refractivity contribution in [3.8, 4) is 0 Å². The van der Waals surface area contributed by atoms with Gasteiger partial charge in [0.05, 0.1) is 27.7 Å². The predicted molar refractivity (Wildman–Crippen MR) is 71.3 cm³/mol. The van der Waals surface area contributed by atoms with E-state index in [0.29, 0.717) is 5.69 Å². The van der Waals surface area contributed by atoms with Crippen LogP contribution < -0.4 is 5.32 Å². The topological polar surface area (TPSA) is 98.0 Å². The Balaban J connectivity index is 2.13. The zero-order valence-corrected chi connectivity index (χ0v) is 10.9. The van der Waals surface area contributed by atoms with E-state index in [1.807, 2.05) is 0 Å². The van der Waals surface area contributed by atoms with Gasteiger partial charge in [0.2, 0.25) is 0 Å². The smallest absolute Gasteiger partial charge is 0.270 e. The van der Waals surface area contributed by atoms with Crippen molar-refractivity contribution >= 4 is 23.2 Å². The molecule has 0 atom stereocenters. The number of hydrogen-bond acceptors (Lipinski definition) is 5. The van der Waals surface area contributed by atoms with E-state index in [1.54, 1.807) is 12.1 Å². The Hall–Kier alpha value is -2.54. The second kappa shape index (κ2) is 6.07. The normalized spacial score (nSPS) is 10.1. The SMILES string of the molecule is O=C(NCc1cccnn1)c1cc([N+](=O)[O-])ccc1Cl. The van der Waals surface area contributed by atoms with Gasteiger partial charge in [0.15, 0.2) is 0 Å². The van der Waals surface area contributed by atoms with Crippen molar-refractivity contribution in [2.75, 3.05) is 0 Å². The van der Waals surface area contributed by atoms with Crippen molar-refractivity contribution in [1.82, 2.24) is 15.5 Å². The number of nitro benzene ring substituents is 1. The fraction of sp³-hybridized carbons (Fsp3) is 0.0833. The number of rotatable bonds is 4. The number of nitrogens with zero attached hydrogens (tertiary/aromatic N) is 3. The van der Waals surface area contributed by atoms with Gasteiger partial charge < -0.3 is 5.32 Å². The van der Waals surface area contributed by atoms with E-state index in [9.17, 15) is 14.9 Å². The number of carbonyl (C=O) groups excluding carboxylic acids is 1. The van der Waals surface area contributed by atoms with Crippen molar-refractivity contribution in [3.63, 3.8) is 0 Å². The lowest BCUT2D eigenvalue weighted by molar-refractivity contribution is -0.384. The molecule has 20 heavy (non-hydrogen) atoms. The van der Waals surface area contributed by atoms with Crippen molar-refractivity contribution < 1.29 is 9.72 Å². The summed E-state index contributed by atoms with van der Waals surface area (Å²) in [6, 6.07) is 7.07. The van der Waals surface area contributed by atoms with E-state index < -0.39 is 10.8 Å². The molecule has 1 N–H and O–H groups in total. The minimum atomic E-state index is -0.588. The molecular formula is C12H9ClN4O3. The monoisotopic (exact) mass is 292 g/mol. The van der Waals surface area contributed by atoms with Crippen molar-refractivity contribution in [3.05, 3.63) is 62.9 Å². The number of carbonyl (C=O) groups is 1. The number of halogens is 1. The van der Waals surface area contributed by atoms with Gasteiger partial charge in [0, 0.05) is 18.3 Å². The highest BCUT2D eigenvalue weighted by Crippen LogP contribution is 2.21. The van der Waals surface area contributed by atoms with Crippen LogP contribution in [0.4, 0.5) is 5.69 Å². The van der Waals surface area contributed by atoms with Crippen LogP contribution in [0.15, 0.2) is 36.5 Å². The number of nitro groups is 1. The zero-order valence-electron chi connectivity index (χ0n) is 10.1. The number of hydrogen-bond donors (Lipinski definition) is 1. The molecule has 0 fully saturated rings. The van der Waals surface area contributed by atoms with Crippen LogP contribution in [0.3, 0.4) is 0 Å². The zero-order chi connectivity index (χ0) is 14.5. The lowest BCUT2D eigenvalue weighted by atomic mass is 10.2. The molecule has 0 unspecified atom stereocenters. The molecule has 0 aliphatic heterocycles. The van der Waals surface area contributed by atoms with E-state index >= 15 is 0 Å². The highest BCUT2D eigenvalue weighted by atomic mass is 35.5. The van der Waals surface area contributed by atoms with Gasteiger partial charge in [0.1, 0.15) is 0 Å². The Morgan fingerprint density at radius 2 is 2.20 bits per heavy atom. The average Bonchev–Trinajstić information content (AvgIpc) is 2.46. The molecule has 1 heterocycles. The molecule has 0 spiro atoms. The molecule has 2 rings (SSSR count). The minimum Gasteiger partial charge on any atom is -0.346 e. The molecule has 8 heteroatoms. The van der Waals surface area contributed by atoms with Crippen molar-refractivity contribution in [2.45, 2.75) is 6.54 Å². The summed E-state index contributed by atoms with van der Waals surface area (Å²) in [7, 11) is 0. The van der Waals surface area contributed by atoms with Crippen LogP contribution in [-0.2, 0) is 6.54 Å². The van der Waals surface area contributed by atoms with Crippen LogP contribution in [0.1, 0.15) is 16.1 Å². The Labute approximate surface area is 118 Å². The molecule has 1 aromatic heterocycles. The summed E-state index contributed by atoms with van der Waals surface area (Å²) in [5.41, 5.74) is 0.422. The third kappa shape index (κ3) is 3.27. The summed E-state index contributed by atoms with van der Waals surface area (Å²) in [6.07, 6.45) is 1.52. The van der Waals surface area contributed by atoms with Gasteiger partial charge in [-0.1, -0.05) is 11.6 Å². The van der Waals surface area contributed by atoms with E-state index in [0.717, 1.165) is 6.07 Å². The largest absolute Gasteiger partial charge is 0.346 e. The summed E-state index contributed by atoms with van der Waals surface area (Å²) in [5.74, 6) is -0.510. The van der Waals surface area contributed by atoms with E-state index in [-0.39, 0.29) is 22.8 Å². The summed E-state index contributed by atoms with van der Waals surface area (Å²) in [6.45, 7) is 0.158. The molecule has 0 aliphatic rings. The summed E-state index contributed by atoms with van der Waals surface area (Å²) < 4.78 is 0. The molecule has 1 aromatic carbocycles. The van der Waals surface area contributed by atoms with Gasteiger partial charge in [-0.05, 0) is 18.2 Å². The summed E-state index contributed by atoms with van der Waals surface area (Å²) in [5, 5.41) is 20.9. The van der Waals surface area contributed by atoms with Crippen LogP contribution in [0, 0.1) is 10.1 Å². The molecule has 102 valence electrons. The third-order valence-corrected chi connectivity index (χ3v) is 2.79. The molecule has 0 radical (unpaired) electrons. The van der Waals surface area contributed by atoms with Gasteiger partial charge in [-0.2, -0.15) is 10.2 Å². The molecule has 0 saturated heterocycles. The quantitative estimate of drug-likeness (QED) is 0.686. The number of benzene rings is 1. The fourth-order valence-electron chi connectivity index (χ4n) is 1.49. The highest BCUT2D eigenvalue weighted by molar-refractivity contribution is 6.33. The van der Waals surface area contributed by atoms with Gasteiger partial charge in [0.25, 0.3) is 11.6 Å². The van der Waals surface area contributed by atoms with E-state index in [1.165, 1.54) is 18.3 Å². The van der Waals surface area contributed by atoms with Crippen LogP contribution in [0.25, 0.3) is 0 Å². The van der Waals surface area contributed by atoms with Gasteiger partial charge >= 0.3 is 0 Å². The van der Waals surface area contributed by atoms with Crippen molar-refractivity contribution in [2.24, 2.45) is 0 Å². The first-order valence-electron chi connectivity index (χ1n) is 5.56. The molecular weight excluding hydrogens is 284 g/mol. The standard InChI is InChI=1S/C12H9ClN4O3/c13-11-4-3-9(17(19)20)6-10(11)12(18)14-7-8-2-1-5-15-16-8/h1-6H,7H2,(H,14,18). The number of nitrogens with one attached hydrogen (secondary N) is 1. The summed E-state index contributed by atoms with van der Waals surface area (Å²) >= 11 is 5.87. The maximum atomic E-state index is 11.9. The number of aromatic nitrogens is 2. The molecule has 7 nitrogen and oxygen atoms in total. The van der Waals surface area contributed by atoms with Gasteiger partial charge in [-0.15, -0.1) is 0 Å². The predicted octanol–water partition coefficient (Wildman–Crippen LogP) is 1.97. The summed E-state index contributed by atoms with van der Waals surface area (Å²) in [4.78, 5) is 22.0. The Morgan fingerprint density at radius 3 is 2.85 bits per heavy atom. The first-order valence-corrected chi connectivity index (χ1v) is 5.94. The maximum absolute atomic E-state index is 11.9. The maximum Gasteiger partial charge on any atom is 0.270 e. The van der Waals surface area contributed by atoms with Crippen molar-refractivity contribution in [1.29, 1.82) is 0 Å². The Morgan fingerprint density at radius 1 is 1.40 bits per heavy atom. The number of non-ortho nitro benzene ring substituents is 1. The minimum absolute atomic E-state index is 0.0461. The van der Waals surface area contributed by atoms with Crippen LogP contribution in [-0.4, -0.2) is 21.0 Å². The lowest BCUT2D eigenvalue weighted by Crippen LogP contribution is -2.23. The first kappa shape index (κ1) is 13.9. The average molecular weight is 293 g/mol. The van der Waals surface area contributed by atoms with Gasteiger partial charge in [-0.25, -0.2) is 0 Å². The molecule has 1 amide bonds. The second-order valence-electron chi connectivity index (χ2n) is 3.82. The molecule has 0 bridgehead atoms. The van der Waals surface area contributed by atoms with Crippen LogP contribution >= 0.6 is 11.6 Å². The Bertz CT molecular complexity index is 648. The molecule has 0 saturated carbocycles. The third-order valence-electron chi connectivity index (χ3n) is 2.46. The fourth-order valence-corrected chi connectivity index (χ4v) is 1.70. The lowest BCUT2D eigenvalue weighted by Gasteiger charge is -2.06. The Kier molecular flexibility index (Phi) is 4.21. The molecule has 0 aliphatic carbocycles. The number of amides is 1. The first-order chi connectivity index (χ1) is 9.58. The van der Waals surface area contributed by atoms with Crippen LogP contribution in [0.2, 0.25) is 5.02 Å². The van der Waals surface area contributed by atoms with E-state index in [2.05, 4.69) is 15.5 Å².